The molecule has 0 fully saturated rings. The Kier molecular flexibility index (Phi) is 4.17. The van der Waals surface area contributed by atoms with Crippen LogP contribution in [0.3, 0.4) is 0 Å². The lowest BCUT2D eigenvalue weighted by Gasteiger charge is -2.27. The summed E-state index contributed by atoms with van der Waals surface area (Å²) in [6, 6.07) is 7.50. The summed E-state index contributed by atoms with van der Waals surface area (Å²) in [7, 11) is 0. The van der Waals surface area contributed by atoms with E-state index in [-0.39, 0.29) is 6.04 Å². The molecule has 110 valence electrons. The predicted octanol–water partition coefficient (Wildman–Crippen LogP) is 4.28. The number of nitrogens with zero attached hydrogens (tertiary/aromatic N) is 2. The molecule has 2 heterocycles. The summed E-state index contributed by atoms with van der Waals surface area (Å²) in [6.45, 7) is 2.66. The fourth-order valence-corrected chi connectivity index (χ4v) is 2.77. The Hall–Kier alpha value is -1.52. The van der Waals surface area contributed by atoms with Gasteiger partial charge in [-0.05, 0) is 18.2 Å². The highest BCUT2D eigenvalue weighted by Crippen LogP contribution is 2.35. The van der Waals surface area contributed by atoms with Crippen LogP contribution in [0.4, 0.5) is 5.82 Å². The molecule has 0 radical (unpaired) electrons. The fourth-order valence-electron chi connectivity index (χ4n) is 2.39. The molecule has 4 nitrogen and oxygen atoms in total. The quantitative estimate of drug-likeness (QED) is 0.856. The van der Waals surface area contributed by atoms with Crippen molar-refractivity contribution in [1.82, 2.24) is 9.97 Å². The Bertz CT molecular complexity index is 663. The number of fused-ring (bicyclic) bond motifs is 1. The van der Waals surface area contributed by atoms with Crippen molar-refractivity contribution in [1.29, 1.82) is 0 Å². The molecule has 6 heteroatoms. The van der Waals surface area contributed by atoms with E-state index in [1.807, 2.05) is 25.1 Å². The topological polar surface area (TPSA) is 47.0 Å². The molecular formula is C15H15Cl2N3O. The SMILES string of the molecule is CCc1nc(Cl)cc(NC2CCOc3ccc(Cl)cc32)n1. The first kappa shape index (κ1) is 14.4. The van der Waals surface area contributed by atoms with Gasteiger partial charge in [-0.3, -0.25) is 0 Å². The average molecular weight is 324 g/mol. The molecule has 1 aliphatic rings. The van der Waals surface area contributed by atoms with Gasteiger partial charge in [0.05, 0.1) is 12.6 Å². The Morgan fingerprint density at radius 1 is 1.29 bits per heavy atom. The fraction of sp³-hybridized carbons (Fsp3) is 0.333. The molecule has 1 N–H and O–H groups in total. The van der Waals surface area contributed by atoms with Gasteiger partial charge in [-0.2, -0.15) is 0 Å². The zero-order chi connectivity index (χ0) is 14.8. The summed E-state index contributed by atoms with van der Waals surface area (Å²) >= 11 is 12.1. The van der Waals surface area contributed by atoms with Crippen LogP contribution in [-0.4, -0.2) is 16.6 Å². The lowest BCUT2D eigenvalue weighted by Crippen LogP contribution is -2.21. The van der Waals surface area contributed by atoms with Crippen LogP contribution in [-0.2, 0) is 6.42 Å². The van der Waals surface area contributed by atoms with Crippen LogP contribution in [0, 0.1) is 0 Å². The van der Waals surface area contributed by atoms with Crippen LogP contribution < -0.4 is 10.1 Å². The maximum atomic E-state index is 6.09. The summed E-state index contributed by atoms with van der Waals surface area (Å²) in [5.41, 5.74) is 1.04. The second-order valence-electron chi connectivity index (χ2n) is 4.86. The Balaban J connectivity index is 1.90. The summed E-state index contributed by atoms with van der Waals surface area (Å²) in [5.74, 6) is 2.31. The first-order valence-electron chi connectivity index (χ1n) is 6.88. The van der Waals surface area contributed by atoms with Crippen LogP contribution in [0.5, 0.6) is 5.75 Å². The van der Waals surface area contributed by atoms with E-state index in [1.165, 1.54) is 0 Å². The number of hydrogen-bond donors (Lipinski definition) is 1. The number of hydrogen-bond acceptors (Lipinski definition) is 4. The van der Waals surface area contributed by atoms with Gasteiger partial charge in [-0.15, -0.1) is 0 Å². The van der Waals surface area contributed by atoms with Gasteiger partial charge in [0.15, 0.2) is 0 Å². The minimum atomic E-state index is 0.100. The maximum Gasteiger partial charge on any atom is 0.134 e. The summed E-state index contributed by atoms with van der Waals surface area (Å²) in [4.78, 5) is 8.63. The van der Waals surface area contributed by atoms with E-state index in [1.54, 1.807) is 6.07 Å². The van der Waals surface area contributed by atoms with Crippen molar-refractivity contribution in [2.45, 2.75) is 25.8 Å². The van der Waals surface area contributed by atoms with Gasteiger partial charge in [0.2, 0.25) is 0 Å². The number of nitrogens with one attached hydrogen (secondary N) is 1. The van der Waals surface area contributed by atoms with Crippen LogP contribution in [0.2, 0.25) is 10.2 Å². The van der Waals surface area contributed by atoms with E-state index in [4.69, 9.17) is 27.9 Å². The number of halogens is 2. The highest BCUT2D eigenvalue weighted by Gasteiger charge is 2.22. The largest absolute Gasteiger partial charge is 0.493 e. The van der Waals surface area contributed by atoms with Crippen LogP contribution in [0.25, 0.3) is 0 Å². The monoisotopic (exact) mass is 323 g/mol. The molecule has 1 aliphatic heterocycles. The Morgan fingerprint density at radius 2 is 2.14 bits per heavy atom. The molecule has 2 aromatic rings. The van der Waals surface area contributed by atoms with E-state index < -0.39 is 0 Å². The van der Waals surface area contributed by atoms with Crippen molar-refractivity contribution in [2.75, 3.05) is 11.9 Å². The number of ether oxygens (including phenoxy) is 1. The molecule has 1 aromatic heterocycles. The number of aromatic nitrogens is 2. The van der Waals surface area contributed by atoms with E-state index in [0.717, 1.165) is 35.8 Å². The van der Waals surface area contributed by atoms with E-state index in [0.29, 0.717) is 16.8 Å². The molecule has 1 atom stereocenters. The third-order valence-corrected chi connectivity index (χ3v) is 3.82. The van der Waals surface area contributed by atoms with Crippen molar-refractivity contribution < 1.29 is 4.74 Å². The van der Waals surface area contributed by atoms with E-state index in [9.17, 15) is 0 Å². The number of benzene rings is 1. The van der Waals surface area contributed by atoms with Crippen LogP contribution >= 0.6 is 23.2 Å². The molecule has 1 aromatic carbocycles. The maximum absolute atomic E-state index is 6.09. The predicted molar refractivity (Wildman–Crippen MR) is 84.3 cm³/mol. The molecule has 1 unspecified atom stereocenters. The van der Waals surface area contributed by atoms with Gasteiger partial charge in [-0.1, -0.05) is 30.1 Å². The summed E-state index contributed by atoms with van der Waals surface area (Å²) in [5, 5.41) is 4.55. The number of rotatable bonds is 3. The van der Waals surface area contributed by atoms with Gasteiger partial charge in [0, 0.05) is 29.5 Å². The average Bonchev–Trinajstić information content (AvgIpc) is 2.47. The standard InChI is InChI=1S/C15H15Cl2N3O/c1-2-14-19-13(17)8-15(20-14)18-11-5-6-21-12-4-3-9(16)7-10(11)12/h3-4,7-8,11H,2,5-6H2,1H3,(H,18,19,20). The second-order valence-corrected chi connectivity index (χ2v) is 5.69. The molecular weight excluding hydrogens is 309 g/mol. The molecule has 0 saturated carbocycles. The first-order chi connectivity index (χ1) is 10.2. The van der Waals surface area contributed by atoms with E-state index >= 15 is 0 Å². The van der Waals surface area contributed by atoms with Crippen molar-refractivity contribution >= 4 is 29.0 Å². The van der Waals surface area contributed by atoms with Gasteiger partial charge in [-0.25, -0.2) is 9.97 Å². The lowest BCUT2D eigenvalue weighted by molar-refractivity contribution is 0.274. The van der Waals surface area contributed by atoms with Gasteiger partial charge < -0.3 is 10.1 Å². The molecule has 0 spiro atoms. The van der Waals surface area contributed by atoms with Crippen LogP contribution in [0.15, 0.2) is 24.3 Å². The van der Waals surface area contributed by atoms with Crippen molar-refractivity contribution in [3.63, 3.8) is 0 Å². The molecule has 3 rings (SSSR count). The number of anilines is 1. The van der Waals surface area contributed by atoms with Crippen molar-refractivity contribution in [3.8, 4) is 5.75 Å². The zero-order valence-corrected chi connectivity index (χ0v) is 13.1. The minimum Gasteiger partial charge on any atom is -0.493 e. The van der Waals surface area contributed by atoms with Crippen molar-refractivity contribution in [3.05, 3.63) is 45.8 Å². The summed E-state index contributed by atoms with van der Waals surface area (Å²) < 4.78 is 5.66. The molecule has 0 bridgehead atoms. The van der Waals surface area contributed by atoms with E-state index in [2.05, 4.69) is 15.3 Å². The molecule has 0 aliphatic carbocycles. The molecule has 21 heavy (non-hydrogen) atoms. The Morgan fingerprint density at radius 3 is 2.95 bits per heavy atom. The third-order valence-electron chi connectivity index (χ3n) is 3.39. The van der Waals surface area contributed by atoms with Gasteiger partial charge in [0.25, 0.3) is 0 Å². The highest BCUT2D eigenvalue weighted by molar-refractivity contribution is 6.30. The third kappa shape index (κ3) is 3.22. The smallest absolute Gasteiger partial charge is 0.134 e. The minimum absolute atomic E-state index is 0.100. The van der Waals surface area contributed by atoms with Gasteiger partial charge in [0.1, 0.15) is 22.5 Å². The molecule has 0 saturated heterocycles. The Labute approximate surface area is 133 Å². The normalized spacial score (nSPS) is 17.0. The first-order valence-corrected chi connectivity index (χ1v) is 7.63. The lowest BCUT2D eigenvalue weighted by atomic mass is 10.0. The molecule has 0 amide bonds. The summed E-state index contributed by atoms with van der Waals surface area (Å²) in [6.07, 6.45) is 1.59. The second kappa shape index (κ2) is 6.08. The highest BCUT2D eigenvalue weighted by atomic mass is 35.5. The zero-order valence-electron chi connectivity index (χ0n) is 11.6. The number of aryl methyl sites for hydroxylation is 1. The van der Waals surface area contributed by atoms with Crippen molar-refractivity contribution in [2.24, 2.45) is 0 Å². The van der Waals surface area contributed by atoms with Gasteiger partial charge >= 0.3 is 0 Å². The van der Waals surface area contributed by atoms with Crippen LogP contribution in [0.1, 0.15) is 30.8 Å².